The molecule has 4 aromatic rings. The van der Waals surface area contributed by atoms with Crippen molar-refractivity contribution in [3.05, 3.63) is 77.9 Å². The van der Waals surface area contributed by atoms with Gasteiger partial charge in [-0.05, 0) is 35.8 Å². The number of nitrogens with zero attached hydrogens (tertiary/aromatic N) is 2. The first-order valence-electron chi connectivity index (χ1n) is 8.92. The molecule has 4 rings (SSSR count). The molecule has 0 spiro atoms. The van der Waals surface area contributed by atoms with Crippen LogP contribution < -0.4 is 0 Å². The average Bonchev–Trinajstić information content (AvgIpc) is 3.01. The first kappa shape index (κ1) is 17.2. The van der Waals surface area contributed by atoms with Gasteiger partial charge >= 0.3 is 0 Å². The summed E-state index contributed by atoms with van der Waals surface area (Å²) in [5.74, 6) is -0.0917. The van der Waals surface area contributed by atoms with Gasteiger partial charge in [0.25, 0.3) is 0 Å². The molecule has 0 fully saturated rings. The van der Waals surface area contributed by atoms with E-state index in [2.05, 4.69) is 25.0 Å². The molecule has 0 aliphatic carbocycles. The van der Waals surface area contributed by atoms with Crippen LogP contribution in [-0.4, -0.2) is 15.9 Å². The second-order valence-corrected chi connectivity index (χ2v) is 6.82. The highest BCUT2D eigenvalue weighted by atomic mass is 19.1. The summed E-state index contributed by atoms with van der Waals surface area (Å²) >= 11 is 0. The monoisotopic (exact) mass is 358 g/mol. The topological polar surface area (TPSA) is 34.4 Å². The van der Waals surface area contributed by atoms with E-state index in [1.165, 1.54) is 18.2 Å². The van der Waals surface area contributed by atoms with E-state index in [1.807, 2.05) is 35.0 Å². The van der Waals surface area contributed by atoms with Crippen molar-refractivity contribution in [1.82, 2.24) is 9.61 Å². The van der Waals surface area contributed by atoms with Crippen LogP contribution in [0, 0.1) is 5.82 Å². The Morgan fingerprint density at radius 3 is 2.52 bits per heavy atom. The first-order valence-corrected chi connectivity index (χ1v) is 8.92. The Morgan fingerprint density at radius 1 is 1.07 bits per heavy atom. The predicted octanol–water partition coefficient (Wildman–Crippen LogP) is 5.63. The fourth-order valence-electron chi connectivity index (χ4n) is 3.68. The molecule has 0 bridgehead atoms. The van der Waals surface area contributed by atoms with Gasteiger partial charge in [-0.2, -0.15) is 5.10 Å². The van der Waals surface area contributed by atoms with Crippen LogP contribution in [0.2, 0.25) is 0 Å². The standard InChI is InChI=1S/C23H19FN2O/c1-15(2)22-20(8-5-13-27)21(16-9-11-18(24)12-10-16)23-19-7-4-3-6-17(19)14-25-26(22)23/h3-15H,1-2H3. The molecule has 0 atom stereocenters. The molecule has 2 heterocycles. The van der Waals surface area contributed by atoms with Crippen molar-refractivity contribution in [1.29, 1.82) is 0 Å². The van der Waals surface area contributed by atoms with Crippen LogP contribution in [0.4, 0.5) is 4.39 Å². The summed E-state index contributed by atoms with van der Waals surface area (Å²) in [6, 6.07) is 14.5. The minimum Gasteiger partial charge on any atom is -0.299 e. The molecule has 27 heavy (non-hydrogen) atoms. The van der Waals surface area contributed by atoms with Crippen molar-refractivity contribution in [3.8, 4) is 11.1 Å². The smallest absolute Gasteiger partial charge is 0.142 e. The fourth-order valence-corrected chi connectivity index (χ4v) is 3.68. The number of fused-ring (bicyclic) bond motifs is 3. The molecule has 0 aliphatic heterocycles. The van der Waals surface area contributed by atoms with Gasteiger partial charge in [0.05, 0.1) is 17.4 Å². The van der Waals surface area contributed by atoms with Gasteiger partial charge in [-0.15, -0.1) is 0 Å². The third kappa shape index (κ3) is 2.83. The lowest BCUT2D eigenvalue weighted by Crippen LogP contribution is -2.00. The van der Waals surface area contributed by atoms with Gasteiger partial charge in [-0.25, -0.2) is 8.91 Å². The second kappa shape index (κ2) is 6.80. The van der Waals surface area contributed by atoms with Crippen molar-refractivity contribution in [3.63, 3.8) is 0 Å². The van der Waals surface area contributed by atoms with Gasteiger partial charge < -0.3 is 0 Å². The van der Waals surface area contributed by atoms with Gasteiger partial charge in [0.1, 0.15) is 12.1 Å². The van der Waals surface area contributed by atoms with E-state index < -0.39 is 0 Å². The van der Waals surface area contributed by atoms with E-state index in [9.17, 15) is 9.18 Å². The highest BCUT2D eigenvalue weighted by molar-refractivity contribution is 6.06. The number of hydrogen-bond acceptors (Lipinski definition) is 2. The third-order valence-corrected chi connectivity index (χ3v) is 4.77. The second-order valence-electron chi connectivity index (χ2n) is 6.82. The van der Waals surface area contributed by atoms with E-state index in [0.717, 1.165) is 45.0 Å². The zero-order chi connectivity index (χ0) is 19.0. The minimum absolute atomic E-state index is 0.187. The molecule has 0 unspecified atom stereocenters. The number of carbonyl (C=O) groups excluding carboxylic acids is 1. The first-order chi connectivity index (χ1) is 13.1. The molecular formula is C23H19FN2O. The summed E-state index contributed by atoms with van der Waals surface area (Å²) in [6.07, 6.45) is 5.95. The molecule has 134 valence electrons. The van der Waals surface area contributed by atoms with Gasteiger partial charge in [0.2, 0.25) is 0 Å². The lowest BCUT2D eigenvalue weighted by molar-refractivity contribution is -0.104. The number of aldehydes is 1. The number of rotatable bonds is 4. The van der Waals surface area contributed by atoms with Crippen molar-refractivity contribution in [2.24, 2.45) is 0 Å². The number of allylic oxidation sites excluding steroid dienone is 1. The van der Waals surface area contributed by atoms with Gasteiger partial charge in [0.15, 0.2) is 0 Å². The molecule has 0 amide bonds. The number of halogens is 1. The zero-order valence-electron chi connectivity index (χ0n) is 15.2. The summed E-state index contributed by atoms with van der Waals surface area (Å²) in [5, 5.41) is 6.79. The van der Waals surface area contributed by atoms with E-state index in [1.54, 1.807) is 12.1 Å². The van der Waals surface area contributed by atoms with E-state index in [4.69, 9.17) is 0 Å². The van der Waals surface area contributed by atoms with Crippen molar-refractivity contribution in [2.45, 2.75) is 19.8 Å². The molecule has 2 aromatic carbocycles. The van der Waals surface area contributed by atoms with E-state index >= 15 is 0 Å². The summed E-state index contributed by atoms with van der Waals surface area (Å²) in [4.78, 5) is 11.0. The molecule has 0 N–H and O–H groups in total. The largest absolute Gasteiger partial charge is 0.299 e. The molecule has 0 aliphatic rings. The predicted molar refractivity (Wildman–Crippen MR) is 107 cm³/mol. The Bertz CT molecular complexity index is 1170. The molecule has 4 heteroatoms. The summed E-state index contributed by atoms with van der Waals surface area (Å²) in [5.41, 5.74) is 4.78. The molecular weight excluding hydrogens is 339 g/mol. The van der Waals surface area contributed by atoms with Gasteiger partial charge in [-0.1, -0.05) is 50.2 Å². The van der Waals surface area contributed by atoms with Crippen LogP contribution in [0.15, 0.2) is 60.8 Å². The van der Waals surface area contributed by atoms with Crippen LogP contribution in [0.25, 0.3) is 33.5 Å². The molecule has 2 aromatic heterocycles. The Hall–Kier alpha value is -3.27. The van der Waals surface area contributed by atoms with Crippen LogP contribution in [-0.2, 0) is 4.79 Å². The van der Waals surface area contributed by atoms with Crippen molar-refractivity contribution in [2.75, 3.05) is 0 Å². The SMILES string of the molecule is CC(C)c1c(C=CC=O)c(-c2ccc(F)cc2)c2c3ccccc3cnn12. The molecule has 0 saturated heterocycles. The number of carbonyl (C=O) groups is 1. The van der Waals surface area contributed by atoms with E-state index in [-0.39, 0.29) is 11.7 Å². The number of hydrogen-bond donors (Lipinski definition) is 0. The maximum absolute atomic E-state index is 13.5. The normalized spacial score (nSPS) is 11.9. The maximum Gasteiger partial charge on any atom is 0.142 e. The highest BCUT2D eigenvalue weighted by Gasteiger charge is 2.22. The summed E-state index contributed by atoms with van der Waals surface area (Å²) in [7, 11) is 0. The lowest BCUT2D eigenvalue weighted by Gasteiger charge is -2.08. The molecule has 0 saturated carbocycles. The van der Waals surface area contributed by atoms with Crippen molar-refractivity contribution < 1.29 is 9.18 Å². The zero-order valence-corrected chi connectivity index (χ0v) is 15.2. The minimum atomic E-state index is -0.278. The third-order valence-electron chi connectivity index (χ3n) is 4.77. The average molecular weight is 358 g/mol. The van der Waals surface area contributed by atoms with Crippen molar-refractivity contribution >= 4 is 28.7 Å². The fraction of sp³-hybridized carbons (Fsp3) is 0.130. The van der Waals surface area contributed by atoms with Crippen LogP contribution in [0.3, 0.4) is 0 Å². The highest BCUT2D eigenvalue weighted by Crippen LogP contribution is 2.39. The Balaban J connectivity index is 2.23. The maximum atomic E-state index is 13.5. The summed E-state index contributed by atoms with van der Waals surface area (Å²) in [6.45, 7) is 4.21. The lowest BCUT2D eigenvalue weighted by atomic mass is 9.96. The molecule has 3 nitrogen and oxygen atoms in total. The quantitative estimate of drug-likeness (QED) is 0.350. The van der Waals surface area contributed by atoms with Crippen LogP contribution in [0.5, 0.6) is 0 Å². The Morgan fingerprint density at radius 2 is 1.81 bits per heavy atom. The van der Waals surface area contributed by atoms with Gasteiger partial charge in [-0.3, -0.25) is 4.79 Å². The van der Waals surface area contributed by atoms with Crippen LogP contribution in [0.1, 0.15) is 31.0 Å². The molecule has 0 radical (unpaired) electrons. The number of benzene rings is 2. The Labute approximate surface area is 156 Å². The number of aromatic nitrogens is 2. The summed E-state index contributed by atoms with van der Waals surface area (Å²) < 4.78 is 15.5. The Kier molecular flexibility index (Phi) is 4.32. The van der Waals surface area contributed by atoms with Crippen LogP contribution >= 0.6 is 0 Å². The van der Waals surface area contributed by atoms with Gasteiger partial charge in [0, 0.05) is 21.9 Å². The van der Waals surface area contributed by atoms with E-state index in [0.29, 0.717) is 0 Å².